The summed E-state index contributed by atoms with van der Waals surface area (Å²) in [5.74, 6) is 0.568. The van der Waals surface area contributed by atoms with Crippen LogP contribution in [0.4, 0.5) is 0 Å². The third-order valence-corrected chi connectivity index (χ3v) is 5.77. The highest BCUT2D eigenvalue weighted by Crippen LogP contribution is 2.34. The Balaban J connectivity index is 0.00000243. The van der Waals surface area contributed by atoms with Gasteiger partial charge in [-0.25, -0.2) is 4.98 Å². The second-order valence-electron chi connectivity index (χ2n) is 7.22. The molecule has 0 saturated heterocycles. The molecule has 0 aliphatic rings. The first-order valence-corrected chi connectivity index (χ1v) is 9.07. The van der Waals surface area contributed by atoms with Crippen LogP contribution in [0.1, 0.15) is 70.5 Å². The van der Waals surface area contributed by atoms with Gasteiger partial charge in [-0.3, -0.25) is 0 Å². The Morgan fingerprint density at radius 3 is 1.81 bits per heavy atom. The van der Waals surface area contributed by atoms with Crippen molar-refractivity contribution in [2.75, 3.05) is 0 Å². The van der Waals surface area contributed by atoms with Crippen molar-refractivity contribution in [2.24, 2.45) is 0 Å². The van der Waals surface area contributed by atoms with E-state index in [4.69, 9.17) is 4.98 Å². The molecule has 1 N–H and O–H groups in total. The molecule has 3 rings (SSSR count). The van der Waals surface area contributed by atoms with Gasteiger partial charge in [0.1, 0.15) is 0 Å². The van der Waals surface area contributed by atoms with Crippen LogP contribution in [-0.2, 0) is 0 Å². The Morgan fingerprint density at radius 1 is 0.769 bits per heavy atom. The quantitative estimate of drug-likeness (QED) is 0.569. The minimum absolute atomic E-state index is 0. The molecule has 0 aliphatic heterocycles. The molecule has 1 heterocycles. The molecular weight excluding hydrogens is 340 g/mol. The number of halogens is 1. The smallest absolute Gasteiger partial charge is 0.0925 e. The zero-order valence-corrected chi connectivity index (χ0v) is 17.4. The second kappa shape index (κ2) is 8.09. The largest absolute Gasteiger partial charge is 0.348 e. The van der Waals surface area contributed by atoms with Crippen LogP contribution < -0.4 is 0 Å². The molecule has 0 radical (unpaired) electrons. The first kappa shape index (κ1) is 20.3. The maximum atomic E-state index is 4.71. The van der Waals surface area contributed by atoms with Gasteiger partial charge >= 0.3 is 0 Å². The van der Waals surface area contributed by atoms with E-state index in [0.29, 0.717) is 5.92 Å². The standard InChI is InChI=1S/C23H28N2.ClH/c1-14-9-7-11-20(16(14)3)18(5)22-23(25-13-24-22)19(6)21-12-8-10-15(2)17(21)4;/h7-13,18-19H,1-6H3,(H,24,25);1H. The summed E-state index contributed by atoms with van der Waals surface area (Å²) < 4.78 is 0. The van der Waals surface area contributed by atoms with E-state index < -0.39 is 0 Å². The highest BCUT2D eigenvalue weighted by Gasteiger charge is 2.23. The van der Waals surface area contributed by atoms with E-state index in [1.165, 1.54) is 39.1 Å². The average Bonchev–Trinajstić information content (AvgIpc) is 3.08. The Bertz CT molecular complexity index is 823. The van der Waals surface area contributed by atoms with E-state index in [1.54, 1.807) is 0 Å². The van der Waals surface area contributed by atoms with Gasteiger partial charge in [-0.1, -0.05) is 50.2 Å². The molecule has 2 aromatic carbocycles. The zero-order valence-electron chi connectivity index (χ0n) is 16.6. The lowest BCUT2D eigenvalue weighted by molar-refractivity contribution is 0.798. The fraction of sp³-hybridized carbons (Fsp3) is 0.348. The minimum atomic E-state index is 0. The Kier molecular flexibility index (Phi) is 6.30. The Labute approximate surface area is 163 Å². The third kappa shape index (κ3) is 3.57. The molecule has 26 heavy (non-hydrogen) atoms. The molecule has 2 unspecified atom stereocenters. The first-order chi connectivity index (χ1) is 11.9. The Morgan fingerprint density at radius 2 is 1.27 bits per heavy atom. The SMILES string of the molecule is Cc1cccc(C(C)c2nc[nH]c2C(C)c2cccc(C)c2C)c1C.Cl. The minimum Gasteiger partial charge on any atom is -0.348 e. The molecule has 2 nitrogen and oxygen atoms in total. The average molecular weight is 369 g/mol. The predicted molar refractivity (Wildman–Crippen MR) is 113 cm³/mol. The van der Waals surface area contributed by atoms with Crippen LogP contribution >= 0.6 is 12.4 Å². The number of H-pyrrole nitrogens is 1. The molecule has 0 fully saturated rings. The van der Waals surface area contributed by atoms with Gasteiger partial charge in [0, 0.05) is 17.5 Å². The lowest BCUT2D eigenvalue weighted by Gasteiger charge is -2.20. The van der Waals surface area contributed by atoms with Crippen molar-refractivity contribution in [3.63, 3.8) is 0 Å². The number of rotatable bonds is 4. The van der Waals surface area contributed by atoms with Crippen LogP contribution in [0.25, 0.3) is 0 Å². The van der Waals surface area contributed by atoms with E-state index in [9.17, 15) is 0 Å². The summed E-state index contributed by atoms with van der Waals surface area (Å²) in [7, 11) is 0. The number of nitrogens with zero attached hydrogens (tertiary/aromatic N) is 1. The monoisotopic (exact) mass is 368 g/mol. The van der Waals surface area contributed by atoms with Gasteiger partial charge in [0.15, 0.2) is 0 Å². The number of aromatic nitrogens is 2. The number of hydrogen-bond acceptors (Lipinski definition) is 1. The van der Waals surface area contributed by atoms with E-state index >= 15 is 0 Å². The lowest BCUT2D eigenvalue weighted by Crippen LogP contribution is -2.08. The summed E-state index contributed by atoms with van der Waals surface area (Å²) >= 11 is 0. The van der Waals surface area contributed by atoms with E-state index in [0.717, 1.165) is 5.69 Å². The molecular formula is C23H29ClN2. The molecule has 0 aliphatic carbocycles. The molecule has 0 amide bonds. The fourth-order valence-electron chi connectivity index (χ4n) is 3.80. The fourth-order valence-corrected chi connectivity index (χ4v) is 3.80. The van der Waals surface area contributed by atoms with Gasteiger partial charge in [-0.2, -0.15) is 0 Å². The van der Waals surface area contributed by atoms with Gasteiger partial charge in [0.25, 0.3) is 0 Å². The van der Waals surface area contributed by atoms with Gasteiger partial charge in [-0.15, -0.1) is 12.4 Å². The zero-order chi connectivity index (χ0) is 18.1. The van der Waals surface area contributed by atoms with Crippen molar-refractivity contribution < 1.29 is 0 Å². The summed E-state index contributed by atoms with van der Waals surface area (Å²) in [5.41, 5.74) is 10.5. The van der Waals surface area contributed by atoms with Gasteiger partial charge in [0.2, 0.25) is 0 Å². The topological polar surface area (TPSA) is 28.7 Å². The highest BCUT2D eigenvalue weighted by molar-refractivity contribution is 5.85. The highest BCUT2D eigenvalue weighted by atomic mass is 35.5. The summed E-state index contributed by atoms with van der Waals surface area (Å²) in [4.78, 5) is 8.13. The van der Waals surface area contributed by atoms with Crippen LogP contribution in [0.2, 0.25) is 0 Å². The molecule has 0 saturated carbocycles. The Hall–Kier alpha value is -2.06. The maximum Gasteiger partial charge on any atom is 0.0925 e. The van der Waals surface area contributed by atoms with Crippen LogP contribution in [0, 0.1) is 27.7 Å². The number of benzene rings is 2. The predicted octanol–water partition coefficient (Wildman–Crippen LogP) is 6.37. The van der Waals surface area contributed by atoms with Gasteiger partial charge in [0.05, 0.1) is 12.0 Å². The summed E-state index contributed by atoms with van der Waals surface area (Å²) in [6, 6.07) is 13.1. The van der Waals surface area contributed by atoms with Crippen molar-refractivity contribution in [1.82, 2.24) is 9.97 Å². The number of aromatic amines is 1. The van der Waals surface area contributed by atoms with Crippen LogP contribution in [0.15, 0.2) is 42.7 Å². The first-order valence-electron chi connectivity index (χ1n) is 9.07. The van der Waals surface area contributed by atoms with E-state index in [-0.39, 0.29) is 18.3 Å². The lowest BCUT2D eigenvalue weighted by atomic mass is 9.85. The number of imidazole rings is 1. The van der Waals surface area contributed by atoms with Crippen molar-refractivity contribution in [2.45, 2.75) is 53.4 Å². The van der Waals surface area contributed by atoms with Gasteiger partial charge in [-0.05, 0) is 61.1 Å². The van der Waals surface area contributed by atoms with Crippen LogP contribution in [-0.4, -0.2) is 9.97 Å². The number of nitrogens with one attached hydrogen (secondary N) is 1. The molecule has 138 valence electrons. The molecule has 3 aromatic rings. The summed E-state index contributed by atoms with van der Waals surface area (Å²) in [6.07, 6.45) is 1.84. The normalized spacial score (nSPS) is 13.2. The van der Waals surface area contributed by atoms with Crippen molar-refractivity contribution in [3.8, 4) is 0 Å². The number of hydrogen-bond donors (Lipinski definition) is 1. The van der Waals surface area contributed by atoms with E-state index in [1.807, 2.05) is 6.33 Å². The molecule has 3 heteroatoms. The van der Waals surface area contributed by atoms with Crippen LogP contribution in [0.3, 0.4) is 0 Å². The van der Waals surface area contributed by atoms with Crippen molar-refractivity contribution in [3.05, 3.63) is 87.5 Å². The summed E-state index contributed by atoms with van der Waals surface area (Å²) in [6.45, 7) is 13.3. The third-order valence-electron chi connectivity index (χ3n) is 5.77. The molecule has 2 atom stereocenters. The second-order valence-corrected chi connectivity index (χ2v) is 7.22. The molecule has 0 spiro atoms. The van der Waals surface area contributed by atoms with Crippen LogP contribution in [0.5, 0.6) is 0 Å². The number of aryl methyl sites for hydroxylation is 2. The maximum absolute atomic E-state index is 4.71. The molecule has 1 aromatic heterocycles. The van der Waals surface area contributed by atoms with Crippen molar-refractivity contribution in [1.29, 1.82) is 0 Å². The molecule has 0 bridgehead atoms. The van der Waals surface area contributed by atoms with E-state index in [2.05, 4.69) is 82.9 Å². The van der Waals surface area contributed by atoms with Gasteiger partial charge < -0.3 is 4.98 Å². The van der Waals surface area contributed by atoms with Crippen molar-refractivity contribution >= 4 is 12.4 Å². The summed E-state index contributed by atoms with van der Waals surface area (Å²) in [5, 5.41) is 0.